The van der Waals surface area contributed by atoms with Crippen LogP contribution in [0, 0.1) is 0 Å². The minimum absolute atomic E-state index is 0.0164. The fourth-order valence-electron chi connectivity index (χ4n) is 1.02. The maximum absolute atomic E-state index is 11.1. The van der Waals surface area contributed by atoms with Crippen LogP contribution in [0.2, 0.25) is 5.02 Å². The molecule has 1 rings (SSSR count). The van der Waals surface area contributed by atoms with Crippen molar-refractivity contribution in [2.24, 2.45) is 0 Å². The molecule has 0 aliphatic rings. The van der Waals surface area contributed by atoms with Crippen LogP contribution in [0.3, 0.4) is 0 Å². The number of ketones is 1. The molecule has 0 saturated carbocycles. The van der Waals surface area contributed by atoms with Gasteiger partial charge >= 0.3 is 0 Å². The van der Waals surface area contributed by atoms with Gasteiger partial charge < -0.3 is 0 Å². The van der Waals surface area contributed by atoms with E-state index in [0.29, 0.717) is 5.02 Å². The van der Waals surface area contributed by atoms with Crippen LogP contribution in [0.4, 0.5) is 0 Å². The largest absolute Gasteiger partial charge is 0.299 e. The van der Waals surface area contributed by atoms with Crippen molar-refractivity contribution in [1.82, 2.24) is 0 Å². The highest BCUT2D eigenvalue weighted by molar-refractivity contribution is 9.12. The quantitative estimate of drug-likeness (QED) is 0.756. The smallest absolute Gasteiger partial charge is 0.144 e. The zero-order valence-corrected chi connectivity index (χ0v) is 11.4. The van der Waals surface area contributed by atoms with E-state index < -0.39 is 0 Å². The van der Waals surface area contributed by atoms with Crippen molar-refractivity contribution in [3.05, 3.63) is 34.9 Å². The summed E-state index contributed by atoms with van der Waals surface area (Å²) in [6, 6.07) is 7.42. The van der Waals surface area contributed by atoms with Gasteiger partial charge in [0.2, 0.25) is 0 Å². The van der Waals surface area contributed by atoms with Crippen molar-refractivity contribution >= 4 is 49.2 Å². The van der Waals surface area contributed by atoms with Crippen molar-refractivity contribution in [3.8, 4) is 0 Å². The van der Waals surface area contributed by atoms with E-state index in [1.54, 1.807) is 6.92 Å². The van der Waals surface area contributed by atoms with Gasteiger partial charge in [-0.3, -0.25) is 4.79 Å². The van der Waals surface area contributed by atoms with Gasteiger partial charge in [0.15, 0.2) is 0 Å². The molecule has 0 saturated heterocycles. The molecule has 0 radical (unpaired) electrons. The second-order valence-corrected chi connectivity index (χ2v) is 5.38. The van der Waals surface area contributed by atoms with E-state index in [0.717, 1.165) is 5.56 Å². The minimum atomic E-state index is -0.205. The topological polar surface area (TPSA) is 17.1 Å². The van der Waals surface area contributed by atoms with Crippen molar-refractivity contribution in [2.75, 3.05) is 0 Å². The van der Waals surface area contributed by atoms with Gasteiger partial charge in [0.25, 0.3) is 0 Å². The second kappa shape index (κ2) is 5.29. The van der Waals surface area contributed by atoms with E-state index >= 15 is 0 Å². The van der Waals surface area contributed by atoms with Crippen LogP contribution in [-0.4, -0.2) is 10.6 Å². The Labute approximate surface area is 105 Å². The Kier molecular flexibility index (Phi) is 4.61. The molecule has 2 atom stereocenters. The summed E-state index contributed by atoms with van der Waals surface area (Å²) in [4.78, 5) is 10.9. The lowest BCUT2D eigenvalue weighted by Gasteiger charge is -2.14. The Hall–Kier alpha value is 0.140. The van der Waals surface area contributed by atoms with Crippen molar-refractivity contribution in [2.45, 2.75) is 16.6 Å². The van der Waals surface area contributed by atoms with Crippen molar-refractivity contribution < 1.29 is 4.79 Å². The molecule has 4 heteroatoms. The monoisotopic (exact) mass is 338 g/mol. The second-order valence-electron chi connectivity index (χ2n) is 2.97. The molecule has 0 aliphatic heterocycles. The van der Waals surface area contributed by atoms with Crippen LogP contribution in [0.15, 0.2) is 24.3 Å². The number of hydrogen-bond donors (Lipinski definition) is 0. The third kappa shape index (κ3) is 3.07. The maximum Gasteiger partial charge on any atom is 0.144 e. The van der Waals surface area contributed by atoms with Gasteiger partial charge in [0.05, 0.1) is 9.65 Å². The molecule has 1 nitrogen and oxygen atoms in total. The first-order chi connectivity index (χ1) is 6.52. The molecular weight excluding hydrogens is 331 g/mol. The predicted octanol–water partition coefficient (Wildman–Crippen LogP) is 4.13. The van der Waals surface area contributed by atoms with E-state index in [1.807, 2.05) is 24.3 Å². The summed E-state index contributed by atoms with van der Waals surface area (Å²) >= 11 is 12.6. The first-order valence-corrected chi connectivity index (χ1v) is 6.27. The molecule has 0 fully saturated rings. The molecule has 0 amide bonds. The molecule has 14 heavy (non-hydrogen) atoms. The number of carbonyl (C=O) groups excluding carboxylic acids is 1. The Morgan fingerprint density at radius 3 is 2.21 bits per heavy atom. The van der Waals surface area contributed by atoms with Gasteiger partial charge in [-0.2, -0.15) is 0 Å². The Balaban J connectivity index is 2.84. The van der Waals surface area contributed by atoms with E-state index in [4.69, 9.17) is 11.6 Å². The standard InChI is InChI=1S/C10H9Br2ClO/c1-6(14)9(11)10(12)7-2-4-8(13)5-3-7/h2-5,9-10H,1H3/t9-,10-/m0/s1. The number of benzene rings is 1. The van der Waals surface area contributed by atoms with E-state index in [1.165, 1.54) is 0 Å². The normalized spacial score (nSPS) is 14.9. The molecular formula is C10H9Br2ClO. The molecule has 1 aromatic carbocycles. The number of hydrogen-bond acceptors (Lipinski definition) is 1. The first-order valence-electron chi connectivity index (χ1n) is 4.06. The van der Waals surface area contributed by atoms with Crippen LogP contribution in [0.25, 0.3) is 0 Å². The highest BCUT2D eigenvalue weighted by Crippen LogP contribution is 2.32. The van der Waals surface area contributed by atoms with Gasteiger partial charge in [-0.15, -0.1) is 0 Å². The summed E-state index contributed by atoms with van der Waals surface area (Å²) in [5.41, 5.74) is 1.03. The molecule has 0 aliphatic carbocycles. The summed E-state index contributed by atoms with van der Waals surface area (Å²) in [7, 11) is 0. The lowest BCUT2D eigenvalue weighted by molar-refractivity contribution is -0.116. The molecule has 0 bridgehead atoms. The Bertz CT molecular complexity index is 323. The number of halogens is 3. The van der Waals surface area contributed by atoms with E-state index in [-0.39, 0.29) is 15.4 Å². The predicted molar refractivity (Wildman–Crippen MR) is 66.5 cm³/mol. The number of carbonyl (C=O) groups is 1. The van der Waals surface area contributed by atoms with Gasteiger partial charge in [-0.05, 0) is 24.6 Å². The first kappa shape index (κ1) is 12.2. The molecule has 1 aromatic rings. The number of Topliss-reactive ketones (excluding diaryl/α,β-unsaturated/α-hetero) is 1. The zero-order chi connectivity index (χ0) is 10.7. The molecule has 0 heterocycles. The average Bonchev–Trinajstić information content (AvgIpc) is 2.16. The summed E-state index contributed by atoms with van der Waals surface area (Å²) in [5.74, 6) is 0.0989. The van der Waals surface area contributed by atoms with Gasteiger partial charge in [0.1, 0.15) is 5.78 Å². The van der Waals surface area contributed by atoms with Gasteiger partial charge in [0, 0.05) is 5.02 Å². The molecule has 0 spiro atoms. The summed E-state index contributed by atoms with van der Waals surface area (Å²) < 4.78 is 0. The Morgan fingerprint density at radius 2 is 1.79 bits per heavy atom. The third-order valence-corrected chi connectivity index (χ3v) is 5.03. The highest BCUT2D eigenvalue weighted by atomic mass is 79.9. The zero-order valence-electron chi connectivity index (χ0n) is 7.51. The van der Waals surface area contributed by atoms with Crippen LogP contribution >= 0.6 is 43.5 Å². The summed E-state index contributed by atoms with van der Waals surface area (Å²) in [6.07, 6.45) is 0. The fraction of sp³-hybridized carbons (Fsp3) is 0.300. The summed E-state index contributed by atoms with van der Waals surface area (Å²) in [6.45, 7) is 1.56. The maximum atomic E-state index is 11.1. The van der Waals surface area contributed by atoms with Crippen LogP contribution in [0.5, 0.6) is 0 Å². The van der Waals surface area contributed by atoms with Gasteiger partial charge in [-0.25, -0.2) is 0 Å². The molecule has 0 N–H and O–H groups in total. The number of alkyl halides is 2. The average molecular weight is 340 g/mol. The SMILES string of the molecule is CC(=O)[C@H](Br)[C@@H](Br)c1ccc(Cl)cc1. The molecule has 76 valence electrons. The highest BCUT2D eigenvalue weighted by Gasteiger charge is 2.21. The summed E-state index contributed by atoms with van der Waals surface area (Å²) in [5, 5.41) is 0.697. The van der Waals surface area contributed by atoms with Gasteiger partial charge in [-0.1, -0.05) is 55.6 Å². The Morgan fingerprint density at radius 1 is 1.29 bits per heavy atom. The minimum Gasteiger partial charge on any atom is -0.299 e. The molecule has 0 unspecified atom stereocenters. The van der Waals surface area contributed by atoms with Crippen molar-refractivity contribution in [1.29, 1.82) is 0 Å². The lowest BCUT2D eigenvalue weighted by atomic mass is 10.1. The van der Waals surface area contributed by atoms with E-state index in [2.05, 4.69) is 31.9 Å². The van der Waals surface area contributed by atoms with Crippen molar-refractivity contribution in [3.63, 3.8) is 0 Å². The van der Waals surface area contributed by atoms with Crippen LogP contribution < -0.4 is 0 Å². The lowest BCUT2D eigenvalue weighted by Crippen LogP contribution is -2.15. The molecule has 0 aromatic heterocycles. The third-order valence-electron chi connectivity index (χ3n) is 1.83. The number of rotatable bonds is 3. The van der Waals surface area contributed by atoms with Crippen LogP contribution in [-0.2, 0) is 4.79 Å². The fourth-order valence-corrected chi connectivity index (χ4v) is 2.13. The van der Waals surface area contributed by atoms with Crippen LogP contribution in [0.1, 0.15) is 17.3 Å². The van der Waals surface area contributed by atoms with E-state index in [9.17, 15) is 4.79 Å².